The molecule has 0 aromatic carbocycles. The number of likely N-dealkylation sites (N-methyl/N-ethyl adjacent to an activating group) is 2. The highest BCUT2D eigenvalue weighted by Crippen LogP contribution is 2.37. The van der Waals surface area contributed by atoms with Crippen molar-refractivity contribution < 1.29 is 0 Å². The predicted molar refractivity (Wildman–Crippen MR) is 57.4 cm³/mol. The Morgan fingerprint density at radius 3 is 2.57 bits per heavy atom. The quantitative estimate of drug-likeness (QED) is 0.665. The number of fused-ring (bicyclic) bond motifs is 1. The van der Waals surface area contributed by atoms with Gasteiger partial charge in [-0.1, -0.05) is 0 Å². The van der Waals surface area contributed by atoms with Crippen LogP contribution in [0.3, 0.4) is 0 Å². The molecule has 0 bridgehead atoms. The summed E-state index contributed by atoms with van der Waals surface area (Å²) in [6.07, 6.45) is 2.23. The monoisotopic (exact) mass is 194 g/mol. The third-order valence-corrected chi connectivity index (χ3v) is 3.02. The topological polar surface area (TPSA) is 24.3 Å². The van der Waals surface area contributed by atoms with Crippen LogP contribution in [0, 0.1) is 0 Å². The van der Waals surface area contributed by atoms with Gasteiger partial charge in [0.25, 0.3) is 0 Å². The van der Waals surface area contributed by atoms with Crippen molar-refractivity contribution in [3.63, 3.8) is 0 Å². The normalized spacial score (nSPS) is 24.4. The van der Waals surface area contributed by atoms with Crippen LogP contribution in [-0.2, 0) is 5.54 Å². The van der Waals surface area contributed by atoms with Crippen molar-refractivity contribution >= 4 is 5.82 Å². The highest BCUT2D eigenvalue weighted by molar-refractivity contribution is 5.45. The first-order valence-corrected chi connectivity index (χ1v) is 4.90. The molecule has 0 saturated heterocycles. The van der Waals surface area contributed by atoms with E-state index >= 15 is 0 Å². The lowest BCUT2D eigenvalue weighted by atomic mass is 10.0. The average Bonchev–Trinajstić information content (AvgIpc) is 2.54. The number of rotatable bonds is 1. The number of hydrogen-bond donors (Lipinski definition) is 0. The summed E-state index contributed by atoms with van der Waals surface area (Å²) in [5.74, 6) is 1.19. The Morgan fingerprint density at radius 1 is 1.43 bits per heavy atom. The van der Waals surface area contributed by atoms with Gasteiger partial charge in [0.15, 0.2) is 0 Å². The van der Waals surface area contributed by atoms with Crippen molar-refractivity contribution in [1.29, 1.82) is 0 Å². The van der Waals surface area contributed by atoms with Gasteiger partial charge in [0, 0.05) is 13.1 Å². The summed E-state index contributed by atoms with van der Waals surface area (Å²) >= 11 is 0. The molecule has 4 nitrogen and oxygen atoms in total. The fourth-order valence-electron chi connectivity index (χ4n) is 2.69. The minimum absolute atomic E-state index is 0.0249. The molecule has 0 fully saturated rings. The van der Waals surface area contributed by atoms with E-state index in [1.54, 1.807) is 0 Å². The molecule has 0 radical (unpaired) electrons. The SMILES string of the molecule is CN(C)C1N(C)c2ccnn2C1(C)C. The summed E-state index contributed by atoms with van der Waals surface area (Å²) in [6, 6.07) is 2.06. The van der Waals surface area contributed by atoms with Gasteiger partial charge < -0.3 is 4.90 Å². The second-order valence-electron chi connectivity index (χ2n) is 4.70. The fraction of sp³-hybridized carbons (Fsp3) is 0.700. The molecule has 78 valence electrons. The van der Waals surface area contributed by atoms with E-state index < -0.39 is 0 Å². The lowest BCUT2D eigenvalue weighted by molar-refractivity contribution is 0.160. The molecule has 1 aromatic rings. The molecule has 1 aliphatic rings. The van der Waals surface area contributed by atoms with E-state index in [0.717, 1.165) is 0 Å². The fourth-order valence-corrected chi connectivity index (χ4v) is 2.69. The van der Waals surface area contributed by atoms with Crippen LogP contribution in [0.5, 0.6) is 0 Å². The Labute approximate surface area is 85.1 Å². The zero-order valence-corrected chi connectivity index (χ0v) is 9.52. The van der Waals surface area contributed by atoms with Crippen LogP contribution in [0.4, 0.5) is 5.82 Å². The van der Waals surface area contributed by atoms with Crippen LogP contribution in [-0.4, -0.2) is 42.0 Å². The Morgan fingerprint density at radius 2 is 2.07 bits per heavy atom. The van der Waals surface area contributed by atoms with Crippen LogP contribution in [0.2, 0.25) is 0 Å². The van der Waals surface area contributed by atoms with E-state index in [1.165, 1.54) is 5.82 Å². The lowest BCUT2D eigenvalue weighted by Crippen LogP contribution is -2.51. The van der Waals surface area contributed by atoms with Crippen molar-refractivity contribution in [2.24, 2.45) is 0 Å². The minimum Gasteiger partial charge on any atom is -0.342 e. The van der Waals surface area contributed by atoms with Gasteiger partial charge >= 0.3 is 0 Å². The first kappa shape index (κ1) is 9.52. The smallest absolute Gasteiger partial charge is 0.128 e. The third-order valence-electron chi connectivity index (χ3n) is 3.02. The van der Waals surface area contributed by atoms with E-state index in [0.29, 0.717) is 6.17 Å². The van der Waals surface area contributed by atoms with Gasteiger partial charge in [-0.3, -0.25) is 4.90 Å². The van der Waals surface area contributed by atoms with Crippen LogP contribution < -0.4 is 4.90 Å². The molecule has 1 atom stereocenters. The van der Waals surface area contributed by atoms with Crippen molar-refractivity contribution in [3.05, 3.63) is 12.3 Å². The predicted octanol–water partition coefficient (Wildman–Crippen LogP) is 0.956. The van der Waals surface area contributed by atoms with Crippen molar-refractivity contribution in [1.82, 2.24) is 14.7 Å². The van der Waals surface area contributed by atoms with Crippen LogP contribution in [0.1, 0.15) is 13.8 Å². The summed E-state index contributed by atoms with van der Waals surface area (Å²) in [5.41, 5.74) is 0.0249. The van der Waals surface area contributed by atoms with Crippen LogP contribution in [0.25, 0.3) is 0 Å². The highest BCUT2D eigenvalue weighted by atomic mass is 15.5. The van der Waals surface area contributed by atoms with E-state index in [4.69, 9.17) is 0 Å². The summed E-state index contributed by atoms with van der Waals surface area (Å²) in [6.45, 7) is 4.44. The molecule has 0 spiro atoms. The van der Waals surface area contributed by atoms with E-state index in [1.807, 2.05) is 6.20 Å². The van der Waals surface area contributed by atoms with Crippen LogP contribution >= 0.6 is 0 Å². The molecule has 0 aliphatic carbocycles. The number of nitrogens with zero attached hydrogens (tertiary/aromatic N) is 4. The van der Waals surface area contributed by atoms with Gasteiger partial charge in [0.2, 0.25) is 0 Å². The molecular weight excluding hydrogens is 176 g/mol. The second-order valence-corrected chi connectivity index (χ2v) is 4.70. The van der Waals surface area contributed by atoms with Gasteiger partial charge in [-0.25, -0.2) is 4.68 Å². The first-order chi connectivity index (χ1) is 6.46. The number of anilines is 1. The zero-order valence-electron chi connectivity index (χ0n) is 9.52. The third kappa shape index (κ3) is 1.00. The minimum atomic E-state index is 0.0249. The maximum Gasteiger partial charge on any atom is 0.128 e. The summed E-state index contributed by atoms with van der Waals surface area (Å²) < 4.78 is 2.09. The first-order valence-electron chi connectivity index (χ1n) is 4.90. The van der Waals surface area contributed by atoms with Gasteiger partial charge in [-0.05, 0) is 27.9 Å². The number of hydrogen-bond acceptors (Lipinski definition) is 3. The van der Waals surface area contributed by atoms with E-state index in [2.05, 4.69) is 60.6 Å². The molecule has 14 heavy (non-hydrogen) atoms. The summed E-state index contributed by atoms with van der Waals surface area (Å²) in [7, 11) is 6.33. The molecular formula is C10H18N4. The summed E-state index contributed by atoms with van der Waals surface area (Å²) in [4.78, 5) is 4.50. The molecule has 4 heteroatoms. The molecule has 1 aromatic heterocycles. The van der Waals surface area contributed by atoms with Crippen molar-refractivity contribution in [2.75, 3.05) is 26.0 Å². The molecule has 1 unspecified atom stereocenters. The Kier molecular flexibility index (Phi) is 1.86. The largest absolute Gasteiger partial charge is 0.342 e. The van der Waals surface area contributed by atoms with Crippen LogP contribution in [0.15, 0.2) is 12.3 Å². The van der Waals surface area contributed by atoms with Crippen molar-refractivity contribution in [3.8, 4) is 0 Å². The highest BCUT2D eigenvalue weighted by Gasteiger charge is 2.44. The van der Waals surface area contributed by atoms with Crippen molar-refractivity contribution in [2.45, 2.75) is 25.6 Å². The van der Waals surface area contributed by atoms with E-state index in [9.17, 15) is 0 Å². The summed E-state index contributed by atoms with van der Waals surface area (Å²) in [5, 5.41) is 4.38. The molecule has 0 saturated carbocycles. The maximum atomic E-state index is 4.38. The lowest BCUT2D eigenvalue weighted by Gasteiger charge is -2.36. The molecule has 2 rings (SSSR count). The molecule has 0 N–H and O–H groups in total. The second kappa shape index (κ2) is 2.73. The maximum absolute atomic E-state index is 4.38. The Bertz CT molecular complexity index is 340. The van der Waals surface area contributed by atoms with Gasteiger partial charge in [0.1, 0.15) is 12.0 Å². The van der Waals surface area contributed by atoms with Gasteiger partial charge in [-0.15, -0.1) is 0 Å². The standard InChI is InChI=1S/C10H18N4/c1-10(2)9(12(3)4)13(5)8-6-7-11-14(8)10/h6-7,9H,1-5H3. The van der Waals surface area contributed by atoms with Gasteiger partial charge in [0.05, 0.1) is 11.7 Å². The zero-order chi connectivity index (χ0) is 10.5. The Hall–Kier alpha value is -1.03. The van der Waals surface area contributed by atoms with Gasteiger partial charge in [-0.2, -0.15) is 5.10 Å². The average molecular weight is 194 g/mol. The number of aromatic nitrogens is 2. The molecule has 1 aliphatic heterocycles. The molecule has 0 amide bonds. The molecule has 2 heterocycles. The van der Waals surface area contributed by atoms with E-state index in [-0.39, 0.29) is 5.54 Å². The Balaban J connectivity index is 2.49.